The first-order chi connectivity index (χ1) is 16.5. The fourth-order valence-electron chi connectivity index (χ4n) is 3.36. The van der Waals surface area contributed by atoms with Crippen LogP contribution in [0.15, 0.2) is 84.0 Å². The number of nitro groups is 1. The highest BCUT2D eigenvalue weighted by atomic mass is 32.2. The maximum Gasteiger partial charge on any atom is 0.269 e. The van der Waals surface area contributed by atoms with Crippen molar-refractivity contribution in [3.63, 3.8) is 0 Å². The lowest BCUT2D eigenvalue weighted by molar-refractivity contribution is -0.384. The number of rotatable bonds is 10. The number of carbonyl (C=O) groups excluding carboxylic acids is 1. The van der Waals surface area contributed by atoms with Crippen LogP contribution < -0.4 is 5.32 Å². The summed E-state index contributed by atoms with van der Waals surface area (Å²) in [5, 5.41) is 23.6. The minimum Gasteiger partial charge on any atom is -0.385 e. The number of carbonyl (C=O) groups is 1. The lowest BCUT2D eigenvalue weighted by Gasteiger charge is -2.11. The molecule has 0 aliphatic rings. The molecule has 0 bridgehead atoms. The van der Waals surface area contributed by atoms with Crippen LogP contribution in [0.1, 0.15) is 21.7 Å². The maximum atomic E-state index is 12.6. The van der Waals surface area contributed by atoms with E-state index in [9.17, 15) is 14.9 Å². The summed E-state index contributed by atoms with van der Waals surface area (Å²) in [6.45, 7) is 2.73. The molecule has 9 heteroatoms. The number of para-hydroxylation sites is 1. The predicted octanol–water partition coefficient (Wildman–Crippen LogP) is 5.11. The topological polar surface area (TPSA) is 103 Å². The SMILES string of the molecule is Cc1ccc(NCCc2nnc(SCC(=O)c3ccc([N+](=O)[O-])cc3)n2-c2ccccc2)cc1. The largest absolute Gasteiger partial charge is 0.385 e. The van der Waals surface area contributed by atoms with Gasteiger partial charge in [-0.05, 0) is 43.3 Å². The van der Waals surface area contributed by atoms with Crippen LogP contribution in [0.4, 0.5) is 11.4 Å². The fourth-order valence-corrected chi connectivity index (χ4v) is 4.23. The third kappa shape index (κ3) is 5.68. The van der Waals surface area contributed by atoms with E-state index in [0.717, 1.165) is 17.2 Å². The van der Waals surface area contributed by atoms with Gasteiger partial charge in [-0.25, -0.2) is 0 Å². The highest BCUT2D eigenvalue weighted by Crippen LogP contribution is 2.24. The number of nitrogens with zero attached hydrogens (tertiary/aromatic N) is 4. The van der Waals surface area contributed by atoms with Crippen molar-refractivity contribution in [3.05, 3.63) is 106 Å². The van der Waals surface area contributed by atoms with E-state index >= 15 is 0 Å². The number of nitro benzene ring substituents is 1. The zero-order valence-electron chi connectivity index (χ0n) is 18.5. The normalized spacial score (nSPS) is 10.7. The minimum absolute atomic E-state index is 0.0445. The molecule has 0 fully saturated rings. The first kappa shape index (κ1) is 23.2. The van der Waals surface area contributed by atoms with Crippen LogP contribution in [0.3, 0.4) is 0 Å². The molecular formula is C25H23N5O3S. The molecule has 0 aliphatic heterocycles. The summed E-state index contributed by atoms with van der Waals surface area (Å²) in [6, 6.07) is 23.6. The standard InChI is InChI=1S/C25H23N5O3S/c1-18-7-11-20(12-8-18)26-16-15-24-27-28-25(29(24)21-5-3-2-4-6-21)34-17-23(31)19-9-13-22(14-10-19)30(32)33/h2-14,26H,15-17H2,1H3. The number of aryl methyl sites for hydroxylation is 1. The Bertz CT molecular complexity index is 1270. The Morgan fingerprint density at radius 1 is 1.00 bits per heavy atom. The number of benzene rings is 3. The highest BCUT2D eigenvalue weighted by Gasteiger charge is 2.17. The van der Waals surface area contributed by atoms with Crippen molar-refractivity contribution in [3.8, 4) is 5.69 Å². The van der Waals surface area contributed by atoms with E-state index in [1.807, 2.05) is 47.0 Å². The molecule has 0 unspecified atom stereocenters. The van der Waals surface area contributed by atoms with Crippen molar-refractivity contribution in [2.45, 2.75) is 18.5 Å². The molecule has 4 rings (SSSR count). The monoisotopic (exact) mass is 473 g/mol. The van der Waals surface area contributed by atoms with Gasteiger partial charge in [-0.1, -0.05) is 47.7 Å². The maximum absolute atomic E-state index is 12.6. The van der Waals surface area contributed by atoms with Crippen molar-refractivity contribution in [1.29, 1.82) is 0 Å². The quantitative estimate of drug-likeness (QED) is 0.148. The third-order valence-corrected chi connectivity index (χ3v) is 6.11. The van der Waals surface area contributed by atoms with E-state index in [4.69, 9.17) is 0 Å². The Hall–Kier alpha value is -3.98. The number of Topliss-reactive ketones (excluding diaryl/α,β-unsaturated/α-hetero) is 1. The van der Waals surface area contributed by atoms with Gasteiger partial charge in [0.2, 0.25) is 0 Å². The van der Waals surface area contributed by atoms with Crippen molar-refractivity contribution >= 4 is 28.9 Å². The van der Waals surface area contributed by atoms with E-state index in [0.29, 0.717) is 23.7 Å². The zero-order valence-corrected chi connectivity index (χ0v) is 19.4. The number of hydrogen-bond acceptors (Lipinski definition) is 7. The number of thioether (sulfide) groups is 1. The average molecular weight is 474 g/mol. The molecule has 0 atom stereocenters. The molecule has 34 heavy (non-hydrogen) atoms. The van der Waals surface area contributed by atoms with Crippen LogP contribution in [0.25, 0.3) is 5.69 Å². The fraction of sp³-hybridized carbons (Fsp3) is 0.160. The van der Waals surface area contributed by atoms with Crippen molar-refractivity contribution < 1.29 is 9.72 Å². The summed E-state index contributed by atoms with van der Waals surface area (Å²) in [5.41, 5.74) is 3.55. The second-order valence-corrected chi connectivity index (χ2v) is 8.57. The molecule has 0 spiro atoms. The Morgan fingerprint density at radius 3 is 2.38 bits per heavy atom. The van der Waals surface area contributed by atoms with Gasteiger partial charge in [-0.15, -0.1) is 10.2 Å². The highest BCUT2D eigenvalue weighted by molar-refractivity contribution is 7.99. The molecule has 1 heterocycles. The number of nitrogens with one attached hydrogen (secondary N) is 1. The van der Waals surface area contributed by atoms with E-state index in [1.54, 1.807) is 0 Å². The van der Waals surface area contributed by atoms with E-state index in [-0.39, 0.29) is 17.2 Å². The number of hydrogen-bond donors (Lipinski definition) is 1. The number of ketones is 1. The molecule has 0 saturated carbocycles. The van der Waals surface area contributed by atoms with Crippen LogP contribution in [-0.2, 0) is 6.42 Å². The van der Waals surface area contributed by atoms with Crippen LogP contribution >= 0.6 is 11.8 Å². The van der Waals surface area contributed by atoms with Crippen LogP contribution in [-0.4, -0.2) is 37.8 Å². The van der Waals surface area contributed by atoms with Crippen molar-refractivity contribution in [2.75, 3.05) is 17.6 Å². The lowest BCUT2D eigenvalue weighted by atomic mass is 10.1. The second-order valence-electron chi connectivity index (χ2n) is 7.63. The van der Waals surface area contributed by atoms with Gasteiger partial charge in [0.05, 0.1) is 10.7 Å². The van der Waals surface area contributed by atoms with E-state index in [2.05, 4.69) is 34.6 Å². The predicted molar refractivity (Wildman–Crippen MR) is 133 cm³/mol. The Labute approximate surface area is 201 Å². The van der Waals surface area contributed by atoms with Gasteiger partial charge < -0.3 is 5.32 Å². The molecule has 0 aliphatic carbocycles. The molecule has 1 aromatic heterocycles. The smallest absolute Gasteiger partial charge is 0.269 e. The van der Waals surface area contributed by atoms with Gasteiger partial charge in [0.15, 0.2) is 10.9 Å². The van der Waals surface area contributed by atoms with Crippen molar-refractivity contribution in [1.82, 2.24) is 14.8 Å². The van der Waals surface area contributed by atoms with Crippen molar-refractivity contribution in [2.24, 2.45) is 0 Å². The second kappa shape index (κ2) is 10.8. The summed E-state index contributed by atoms with van der Waals surface area (Å²) in [7, 11) is 0. The van der Waals surface area contributed by atoms with Gasteiger partial charge >= 0.3 is 0 Å². The number of anilines is 1. The summed E-state index contributed by atoms with van der Waals surface area (Å²) < 4.78 is 1.96. The molecule has 1 N–H and O–H groups in total. The molecule has 4 aromatic rings. The molecule has 8 nitrogen and oxygen atoms in total. The molecule has 0 saturated heterocycles. The number of non-ortho nitro benzene ring substituents is 1. The Balaban J connectivity index is 1.47. The van der Waals surface area contributed by atoms with E-state index < -0.39 is 4.92 Å². The molecule has 0 radical (unpaired) electrons. The summed E-state index contributed by atoms with van der Waals surface area (Å²) >= 11 is 1.29. The van der Waals surface area contributed by atoms with Gasteiger partial charge in [0, 0.05) is 42.0 Å². The van der Waals surface area contributed by atoms with Crippen LogP contribution in [0, 0.1) is 17.0 Å². The Kier molecular flexibility index (Phi) is 7.34. The average Bonchev–Trinajstić information content (AvgIpc) is 3.27. The summed E-state index contributed by atoms with van der Waals surface area (Å²) in [5.74, 6) is 0.797. The first-order valence-corrected chi connectivity index (χ1v) is 11.7. The molecular weight excluding hydrogens is 450 g/mol. The van der Waals surface area contributed by atoms with E-state index in [1.165, 1.54) is 41.6 Å². The molecule has 3 aromatic carbocycles. The van der Waals surface area contributed by atoms with Crippen LogP contribution in [0.5, 0.6) is 0 Å². The van der Waals surface area contributed by atoms with Gasteiger partial charge in [-0.2, -0.15) is 0 Å². The zero-order chi connectivity index (χ0) is 23.9. The lowest BCUT2D eigenvalue weighted by Crippen LogP contribution is -2.10. The third-order valence-electron chi connectivity index (χ3n) is 5.18. The van der Waals surface area contributed by atoms with Gasteiger partial charge in [0.25, 0.3) is 5.69 Å². The minimum atomic E-state index is -0.486. The van der Waals surface area contributed by atoms with Gasteiger partial charge in [-0.3, -0.25) is 19.5 Å². The number of aromatic nitrogens is 3. The van der Waals surface area contributed by atoms with Crippen LogP contribution in [0.2, 0.25) is 0 Å². The summed E-state index contributed by atoms with van der Waals surface area (Å²) in [4.78, 5) is 23.0. The Morgan fingerprint density at radius 2 is 1.71 bits per heavy atom. The summed E-state index contributed by atoms with van der Waals surface area (Å²) in [6.07, 6.45) is 0.645. The molecule has 0 amide bonds. The first-order valence-electron chi connectivity index (χ1n) is 10.7. The molecule has 172 valence electrons. The van der Waals surface area contributed by atoms with Gasteiger partial charge in [0.1, 0.15) is 5.82 Å².